The lowest BCUT2D eigenvalue weighted by molar-refractivity contribution is 0.917. The Hall–Kier alpha value is -3.22. The van der Waals surface area contributed by atoms with E-state index >= 15 is 0 Å². The van der Waals surface area contributed by atoms with Crippen LogP contribution in [0.15, 0.2) is 47.7 Å². The second-order valence-electron chi connectivity index (χ2n) is 4.92. The molecule has 0 atom stereocenters. The molecule has 7 heteroatoms. The van der Waals surface area contributed by atoms with Crippen LogP contribution < -0.4 is 5.43 Å². The monoisotopic (exact) mass is 291 g/mol. The van der Waals surface area contributed by atoms with Gasteiger partial charge in [0.15, 0.2) is 5.65 Å². The maximum Gasteiger partial charge on any atom is 0.265 e. The first-order valence-corrected chi connectivity index (χ1v) is 6.83. The maximum absolute atomic E-state index is 4.39. The predicted molar refractivity (Wildman–Crippen MR) is 85.8 cm³/mol. The number of aromatic nitrogens is 5. The van der Waals surface area contributed by atoms with E-state index in [2.05, 4.69) is 30.7 Å². The summed E-state index contributed by atoms with van der Waals surface area (Å²) in [4.78, 5) is 7.61. The Morgan fingerprint density at radius 3 is 2.95 bits per heavy atom. The fraction of sp³-hybridized carbons (Fsp3) is 0.0667. The second kappa shape index (κ2) is 4.96. The first-order valence-electron chi connectivity index (χ1n) is 6.83. The summed E-state index contributed by atoms with van der Waals surface area (Å²) in [6, 6.07) is 11.8. The molecule has 0 bridgehead atoms. The molecule has 0 spiro atoms. The molecule has 0 fully saturated rings. The van der Waals surface area contributed by atoms with Crippen LogP contribution in [0.5, 0.6) is 0 Å². The molecule has 3 aromatic heterocycles. The van der Waals surface area contributed by atoms with Crippen LogP contribution in [0.1, 0.15) is 5.69 Å². The van der Waals surface area contributed by atoms with Crippen molar-refractivity contribution >= 4 is 34.2 Å². The third-order valence-corrected chi connectivity index (χ3v) is 3.47. The Balaban J connectivity index is 1.64. The van der Waals surface area contributed by atoms with Gasteiger partial charge in [0.25, 0.3) is 5.95 Å². The smallest absolute Gasteiger partial charge is 0.265 e. The van der Waals surface area contributed by atoms with Crippen molar-refractivity contribution in [3.63, 3.8) is 0 Å². The molecule has 3 heterocycles. The van der Waals surface area contributed by atoms with Gasteiger partial charge in [0.1, 0.15) is 5.52 Å². The van der Waals surface area contributed by atoms with Gasteiger partial charge >= 0.3 is 0 Å². The first kappa shape index (κ1) is 12.5. The summed E-state index contributed by atoms with van der Waals surface area (Å²) in [5.74, 6) is 0.351. The number of H-pyrrole nitrogens is 1. The van der Waals surface area contributed by atoms with E-state index in [0.717, 1.165) is 22.1 Å². The van der Waals surface area contributed by atoms with Gasteiger partial charge in [0.05, 0.1) is 11.9 Å². The fourth-order valence-corrected chi connectivity index (χ4v) is 2.33. The SMILES string of the molecule is Cn1cccc1/C=N\Nc1nnc2c(n1)[nH]c1ccccc12. The number of aryl methyl sites for hydroxylation is 1. The number of nitrogens with zero attached hydrogens (tertiary/aromatic N) is 5. The molecule has 7 nitrogen and oxygen atoms in total. The minimum atomic E-state index is 0.351. The molecule has 0 amide bonds. The number of hydrazone groups is 1. The highest BCUT2D eigenvalue weighted by Crippen LogP contribution is 2.21. The summed E-state index contributed by atoms with van der Waals surface area (Å²) in [6.07, 6.45) is 3.66. The minimum Gasteiger partial charge on any atom is -0.350 e. The van der Waals surface area contributed by atoms with Gasteiger partial charge in [-0.15, -0.1) is 10.2 Å². The highest BCUT2D eigenvalue weighted by atomic mass is 15.4. The van der Waals surface area contributed by atoms with Crippen molar-refractivity contribution in [3.8, 4) is 0 Å². The molecule has 2 N–H and O–H groups in total. The summed E-state index contributed by atoms with van der Waals surface area (Å²) in [5.41, 5.74) is 6.21. The summed E-state index contributed by atoms with van der Waals surface area (Å²) >= 11 is 0. The van der Waals surface area contributed by atoms with Crippen molar-refractivity contribution in [2.75, 3.05) is 5.43 Å². The van der Waals surface area contributed by atoms with Crippen molar-refractivity contribution in [2.45, 2.75) is 0 Å². The number of para-hydroxylation sites is 1. The molecule has 4 aromatic rings. The molecule has 0 saturated heterocycles. The number of rotatable bonds is 3. The van der Waals surface area contributed by atoms with Crippen LogP contribution in [0.3, 0.4) is 0 Å². The van der Waals surface area contributed by atoms with Gasteiger partial charge in [-0.1, -0.05) is 18.2 Å². The van der Waals surface area contributed by atoms with E-state index in [0.29, 0.717) is 11.6 Å². The van der Waals surface area contributed by atoms with Crippen LogP contribution >= 0.6 is 0 Å². The Bertz CT molecular complexity index is 980. The van der Waals surface area contributed by atoms with E-state index in [1.165, 1.54) is 0 Å². The van der Waals surface area contributed by atoms with Crippen LogP contribution in [0.25, 0.3) is 22.1 Å². The topological polar surface area (TPSA) is 83.8 Å². The highest BCUT2D eigenvalue weighted by molar-refractivity contribution is 6.03. The van der Waals surface area contributed by atoms with Gasteiger partial charge in [-0.2, -0.15) is 10.1 Å². The molecule has 0 unspecified atom stereocenters. The zero-order valence-electron chi connectivity index (χ0n) is 11.9. The van der Waals surface area contributed by atoms with Gasteiger partial charge in [-0.3, -0.25) is 0 Å². The summed E-state index contributed by atoms with van der Waals surface area (Å²) in [6.45, 7) is 0. The number of hydrogen-bond acceptors (Lipinski definition) is 5. The molecule has 0 saturated carbocycles. The fourth-order valence-electron chi connectivity index (χ4n) is 2.33. The lowest BCUT2D eigenvalue weighted by atomic mass is 10.2. The molecule has 22 heavy (non-hydrogen) atoms. The standard InChI is InChI=1S/C15H13N7/c1-22-8-4-5-10(22)9-16-20-15-18-14-13(19-21-15)11-6-2-3-7-12(11)17-14/h2-9H,1H3,(H2,17,18,20,21)/b16-9-. The summed E-state index contributed by atoms with van der Waals surface area (Å²) < 4.78 is 1.96. The molecule has 4 rings (SSSR count). The molecule has 0 aliphatic rings. The summed E-state index contributed by atoms with van der Waals surface area (Å²) in [7, 11) is 1.95. The largest absolute Gasteiger partial charge is 0.350 e. The third kappa shape index (κ3) is 2.08. The number of nitrogens with one attached hydrogen (secondary N) is 2. The van der Waals surface area contributed by atoms with Crippen LogP contribution in [0, 0.1) is 0 Å². The van der Waals surface area contributed by atoms with Crippen molar-refractivity contribution < 1.29 is 0 Å². The van der Waals surface area contributed by atoms with E-state index in [9.17, 15) is 0 Å². The number of benzene rings is 1. The Morgan fingerprint density at radius 1 is 1.18 bits per heavy atom. The van der Waals surface area contributed by atoms with Gasteiger partial charge in [-0.05, 0) is 18.2 Å². The number of aromatic amines is 1. The average molecular weight is 291 g/mol. The molecule has 0 aliphatic heterocycles. The zero-order chi connectivity index (χ0) is 14.9. The zero-order valence-corrected chi connectivity index (χ0v) is 11.9. The molecular weight excluding hydrogens is 278 g/mol. The Labute approximate surface area is 125 Å². The number of hydrogen-bond donors (Lipinski definition) is 2. The van der Waals surface area contributed by atoms with Gasteiger partial charge < -0.3 is 9.55 Å². The lowest BCUT2D eigenvalue weighted by Crippen LogP contribution is -2.00. The van der Waals surface area contributed by atoms with Crippen LogP contribution in [-0.2, 0) is 7.05 Å². The average Bonchev–Trinajstić information content (AvgIpc) is 3.10. The molecule has 1 aromatic carbocycles. The number of anilines is 1. The van der Waals surface area contributed by atoms with E-state index in [4.69, 9.17) is 0 Å². The predicted octanol–water partition coefficient (Wildman–Crippen LogP) is 2.29. The normalized spacial score (nSPS) is 11.7. The van der Waals surface area contributed by atoms with Crippen molar-refractivity contribution in [3.05, 3.63) is 48.3 Å². The maximum atomic E-state index is 4.39. The van der Waals surface area contributed by atoms with E-state index in [1.54, 1.807) is 6.21 Å². The molecular formula is C15H13N7. The van der Waals surface area contributed by atoms with E-state index < -0.39 is 0 Å². The third-order valence-electron chi connectivity index (χ3n) is 3.47. The van der Waals surface area contributed by atoms with Gasteiger partial charge in [0, 0.05) is 24.1 Å². The molecule has 0 radical (unpaired) electrons. The van der Waals surface area contributed by atoms with Crippen molar-refractivity contribution in [1.29, 1.82) is 0 Å². The van der Waals surface area contributed by atoms with E-state index in [-0.39, 0.29) is 0 Å². The highest BCUT2D eigenvalue weighted by Gasteiger charge is 2.07. The van der Waals surface area contributed by atoms with Gasteiger partial charge in [-0.25, -0.2) is 5.43 Å². The first-order chi connectivity index (χ1) is 10.8. The van der Waals surface area contributed by atoms with E-state index in [1.807, 2.05) is 54.2 Å². The van der Waals surface area contributed by atoms with Crippen LogP contribution in [-0.4, -0.2) is 30.9 Å². The second-order valence-corrected chi connectivity index (χ2v) is 4.92. The Kier molecular flexibility index (Phi) is 2.82. The quantitative estimate of drug-likeness (QED) is 0.448. The van der Waals surface area contributed by atoms with Crippen molar-refractivity contribution in [1.82, 2.24) is 24.7 Å². The van der Waals surface area contributed by atoms with Crippen LogP contribution in [0.2, 0.25) is 0 Å². The van der Waals surface area contributed by atoms with Crippen LogP contribution in [0.4, 0.5) is 5.95 Å². The van der Waals surface area contributed by atoms with Crippen molar-refractivity contribution in [2.24, 2.45) is 12.1 Å². The van der Waals surface area contributed by atoms with Gasteiger partial charge in [0.2, 0.25) is 0 Å². The number of fused-ring (bicyclic) bond motifs is 3. The lowest BCUT2D eigenvalue weighted by Gasteiger charge is -1.98. The summed E-state index contributed by atoms with van der Waals surface area (Å²) in [5, 5.41) is 13.4. The molecule has 0 aliphatic carbocycles. The minimum absolute atomic E-state index is 0.351. The molecule has 108 valence electrons. The Morgan fingerprint density at radius 2 is 2.09 bits per heavy atom.